The van der Waals surface area contributed by atoms with E-state index >= 15 is 0 Å². The maximum Gasteiger partial charge on any atom is 0.253 e. The highest BCUT2D eigenvalue weighted by Crippen LogP contribution is 2.24. The number of nitrogens with one attached hydrogen (secondary N) is 1. The van der Waals surface area contributed by atoms with Crippen LogP contribution in [0.25, 0.3) is 10.9 Å². The molecule has 0 aliphatic heterocycles. The fourth-order valence-corrected chi connectivity index (χ4v) is 2.49. The molecular weight excluding hydrogens is 264 g/mol. The summed E-state index contributed by atoms with van der Waals surface area (Å²) in [4.78, 5) is 12.4. The summed E-state index contributed by atoms with van der Waals surface area (Å²) in [6.07, 6.45) is 3.53. The second-order valence-corrected chi connectivity index (χ2v) is 5.32. The van der Waals surface area contributed by atoms with Gasteiger partial charge in [-0.2, -0.15) is 0 Å². The highest BCUT2D eigenvalue weighted by Gasteiger charge is 2.15. The lowest BCUT2D eigenvalue weighted by Gasteiger charge is -2.08. The van der Waals surface area contributed by atoms with Crippen molar-refractivity contribution in [3.05, 3.63) is 60.2 Å². The van der Waals surface area contributed by atoms with E-state index in [0.29, 0.717) is 18.2 Å². The van der Waals surface area contributed by atoms with Crippen LogP contribution in [0.4, 0.5) is 0 Å². The molecule has 0 atom stereocenters. The van der Waals surface area contributed by atoms with Crippen LogP contribution in [-0.4, -0.2) is 10.5 Å². The van der Waals surface area contributed by atoms with Crippen LogP contribution < -0.4 is 5.32 Å². The molecule has 4 heteroatoms. The Hall–Kier alpha value is -2.49. The number of fused-ring (bicyclic) bond motifs is 1. The van der Waals surface area contributed by atoms with Gasteiger partial charge in [-0.05, 0) is 32.0 Å². The molecule has 1 N–H and O–H groups in total. The molecule has 21 heavy (non-hydrogen) atoms. The van der Waals surface area contributed by atoms with Gasteiger partial charge in [-0.25, -0.2) is 0 Å². The zero-order valence-corrected chi connectivity index (χ0v) is 12.2. The summed E-state index contributed by atoms with van der Waals surface area (Å²) in [6.45, 7) is 4.61. The van der Waals surface area contributed by atoms with Crippen molar-refractivity contribution in [3.63, 3.8) is 0 Å². The average Bonchev–Trinajstić information content (AvgIpc) is 3.12. The molecule has 0 fully saturated rings. The van der Waals surface area contributed by atoms with Crippen molar-refractivity contribution >= 4 is 16.8 Å². The Morgan fingerprint density at radius 3 is 2.76 bits per heavy atom. The van der Waals surface area contributed by atoms with Crippen molar-refractivity contribution in [3.8, 4) is 0 Å². The van der Waals surface area contributed by atoms with Crippen LogP contribution in [0, 0.1) is 0 Å². The van der Waals surface area contributed by atoms with Gasteiger partial charge < -0.3 is 14.3 Å². The first kappa shape index (κ1) is 13.5. The second kappa shape index (κ2) is 5.48. The van der Waals surface area contributed by atoms with E-state index in [4.69, 9.17) is 4.42 Å². The van der Waals surface area contributed by atoms with E-state index in [2.05, 4.69) is 23.7 Å². The average molecular weight is 282 g/mol. The maximum atomic E-state index is 12.4. The Balaban J connectivity index is 1.90. The third kappa shape index (κ3) is 2.57. The van der Waals surface area contributed by atoms with Crippen molar-refractivity contribution in [1.82, 2.24) is 9.88 Å². The number of benzene rings is 1. The van der Waals surface area contributed by atoms with Crippen molar-refractivity contribution in [2.24, 2.45) is 0 Å². The molecule has 0 saturated carbocycles. The van der Waals surface area contributed by atoms with E-state index < -0.39 is 0 Å². The first-order valence-electron chi connectivity index (χ1n) is 7.07. The van der Waals surface area contributed by atoms with Gasteiger partial charge in [0.25, 0.3) is 5.91 Å². The predicted molar refractivity (Wildman–Crippen MR) is 82.2 cm³/mol. The zero-order valence-electron chi connectivity index (χ0n) is 12.2. The van der Waals surface area contributed by atoms with Crippen LogP contribution >= 0.6 is 0 Å². The molecule has 0 bridgehead atoms. The standard InChI is InChI=1S/C17H18N2O2/c1-12(2)19-11-15(14-7-3-4-8-16(14)19)17(20)18-10-13-6-5-9-21-13/h3-9,11-12H,10H2,1-2H3,(H,18,20). The van der Waals surface area contributed by atoms with Crippen LogP contribution in [0.15, 0.2) is 53.3 Å². The summed E-state index contributed by atoms with van der Waals surface area (Å²) < 4.78 is 7.35. The largest absolute Gasteiger partial charge is 0.467 e. The number of para-hydroxylation sites is 1. The molecule has 0 aliphatic rings. The molecule has 0 aliphatic carbocycles. The minimum absolute atomic E-state index is 0.0815. The van der Waals surface area contributed by atoms with E-state index in [1.807, 2.05) is 42.6 Å². The Kier molecular flexibility index (Phi) is 3.52. The van der Waals surface area contributed by atoms with Gasteiger partial charge in [-0.15, -0.1) is 0 Å². The molecule has 3 rings (SSSR count). The van der Waals surface area contributed by atoms with Crippen LogP contribution in [0.2, 0.25) is 0 Å². The van der Waals surface area contributed by atoms with Crippen molar-refractivity contribution in [2.45, 2.75) is 26.4 Å². The predicted octanol–water partition coefficient (Wildman–Crippen LogP) is 3.75. The summed E-state index contributed by atoms with van der Waals surface area (Å²) >= 11 is 0. The number of aromatic nitrogens is 1. The van der Waals surface area contributed by atoms with Crippen LogP contribution in [0.5, 0.6) is 0 Å². The van der Waals surface area contributed by atoms with Crippen LogP contribution in [0.1, 0.15) is 36.0 Å². The quantitative estimate of drug-likeness (QED) is 0.792. The first-order chi connectivity index (χ1) is 10.2. The van der Waals surface area contributed by atoms with E-state index in [-0.39, 0.29) is 5.91 Å². The molecule has 1 aromatic carbocycles. The first-order valence-corrected chi connectivity index (χ1v) is 7.07. The molecule has 0 unspecified atom stereocenters. The highest BCUT2D eigenvalue weighted by molar-refractivity contribution is 6.07. The number of nitrogens with zero attached hydrogens (tertiary/aromatic N) is 1. The number of hydrogen-bond acceptors (Lipinski definition) is 2. The van der Waals surface area contributed by atoms with Crippen molar-refractivity contribution in [1.29, 1.82) is 0 Å². The maximum absolute atomic E-state index is 12.4. The lowest BCUT2D eigenvalue weighted by atomic mass is 10.1. The Morgan fingerprint density at radius 2 is 2.05 bits per heavy atom. The van der Waals surface area contributed by atoms with Crippen LogP contribution in [-0.2, 0) is 6.54 Å². The van der Waals surface area contributed by atoms with Gasteiger partial charge in [0.15, 0.2) is 0 Å². The number of carbonyl (C=O) groups is 1. The van der Waals surface area contributed by atoms with Gasteiger partial charge in [-0.1, -0.05) is 18.2 Å². The lowest BCUT2D eigenvalue weighted by Crippen LogP contribution is -2.22. The van der Waals surface area contributed by atoms with Crippen LogP contribution in [0.3, 0.4) is 0 Å². The smallest absolute Gasteiger partial charge is 0.253 e. The highest BCUT2D eigenvalue weighted by atomic mass is 16.3. The Labute approximate surface area is 123 Å². The number of hydrogen-bond donors (Lipinski definition) is 1. The van der Waals surface area contributed by atoms with Gasteiger partial charge in [0.2, 0.25) is 0 Å². The summed E-state index contributed by atoms with van der Waals surface area (Å²) in [5.74, 6) is 0.665. The molecule has 4 nitrogen and oxygen atoms in total. The Morgan fingerprint density at radius 1 is 1.24 bits per heavy atom. The lowest BCUT2D eigenvalue weighted by molar-refractivity contribution is 0.0949. The summed E-state index contributed by atoms with van der Waals surface area (Å²) in [5.41, 5.74) is 1.78. The fourth-order valence-electron chi connectivity index (χ4n) is 2.49. The van der Waals surface area contributed by atoms with E-state index in [9.17, 15) is 4.79 Å². The number of furan rings is 1. The molecule has 0 saturated heterocycles. The number of rotatable bonds is 4. The van der Waals surface area contributed by atoms with Gasteiger partial charge in [0.05, 0.1) is 18.4 Å². The molecule has 2 heterocycles. The summed E-state index contributed by atoms with van der Waals surface area (Å²) in [5, 5.41) is 3.87. The van der Waals surface area contributed by atoms with E-state index in [0.717, 1.165) is 16.7 Å². The second-order valence-electron chi connectivity index (χ2n) is 5.32. The minimum Gasteiger partial charge on any atom is -0.467 e. The van der Waals surface area contributed by atoms with Gasteiger partial charge in [-0.3, -0.25) is 4.79 Å². The van der Waals surface area contributed by atoms with Gasteiger partial charge in [0, 0.05) is 23.1 Å². The minimum atomic E-state index is -0.0815. The van der Waals surface area contributed by atoms with Crippen molar-refractivity contribution < 1.29 is 9.21 Å². The molecule has 3 aromatic rings. The molecule has 2 aromatic heterocycles. The molecule has 108 valence electrons. The molecule has 0 spiro atoms. The zero-order chi connectivity index (χ0) is 14.8. The van der Waals surface area contributed by atoms with E-state index in [1.165, 1.54) is 0 Å². The molecule has 0 radical (unpaired) electrons. The SMILES string of the molecule is CC(C)n1cc(C(=O)NCc2ccco2)c2ccccc21. The Bertz CT molecular complexity index is 754. The molecular formula is C17H18N2O2. The fraction of sp³-hybridized carbons (Fsp3) is 0.235. The van der Waals surface area contributed by atoms with Crippen molar-refractivity contribution in [2.75, 3.05) is 0 Å². The molecule has 1 amide bonds. The third-order valence-electron chi connectivity index (χ3n) is 3.54. The number of carbonyl (C=O) groups excluding carboxylic acids is 1. The monoisotopic (exact) mass is 282 g/mol. The summed E-state index contributed by atoms with van der Waals surface area (Å²) in [6, 6.07) is 11.9. The normalized spacial score (nSPS) is 11.2. The van der Waals surface area contributed by atoms with Gasteiger partial charge >= 0.3 is 0 Å². The third-order valence-corrected chi connectivity index (χ3v) is 3.54. The van der Waals surface area contributed by atoms with Gasteiger partial charge in [0.1, 0.15) is 5.76 Å². The topological polar surface area (TPSA) is 47.2 Å². The van der Waals surface area contributed by atoms with E-state index in [1.54, 1.807) is 6.26 Å². The summed E-state index contributed by atoms with van der Waals surface area (Å²) in [7, 11) is 0. The number of amides is 1.